The zero-order valence-corrected chi connectivity index (χ0v) is 5.97. The molecule has 2 saturated heterocycles. The van der Waals surface area contributed by atoms with Gasteiger partial charge < -0.3 is 15.2 Å². The second-order valence-electron chi connectivity index (χ2n) is 3.18. The smallest absolute Gasteiger partial charge is 0.110 e. The number of nitrogens with one attached hydrogen (secondary N) is 1. The molecule has 0 saturated carbocycles. The van der Waals surface area contributed by atoms with Gasteiger partial charge in [0.2, 0.25) is 0 Å². The first-order valence-electron chi connectivity index (χ1n) is 3.86. The summed E-state index contributed by atoms with van der Waals surface area (Å²) in [6, 6.07) is 0. The van der Waals surface area contributed by atoms with Gasteiger partial charge in [-0.3, -0.25) is 0 Å². The highest BCUT2D eigenvalue weighted by molar-refractivity contribution is 4.96. The molecule has 2 heterocycles. The molecule has 0 unspecified atom stereocenters. The van der Waals surface area contributed by atoms with Crippen LogP contribution in [0.5, 0.6) is 0 Å². The topological polar surface area (TPSA) is 44.8 Å². The van der Waals surface area contributed by atoms with Crippen molar-refractivity contribution in [3.63, 3.8) is 0 Å². The second-order valence-corrected chi connectivity index (χ2v) is 3.18. The summed E-state index contributed by atoms with van der Waals surface area (Å²) in [5.74, 6) is 0. The molecule has 0 aromatic carbocycles. The first kappa shape index (κ1) is 6.58. The fourth-order valence-corrected chi connectivity index (χ4v) is 1.54. The first-order chi connectivity index (χ1) is 4.81. The maximum atomic E-state index is 9.85. The lowest BCUT2D eigenvalue weighted by molar-refractivity contribution is -0.0146. The molecule has 10 heavy (non-hydrogen) atoms. The van der Waals surface area contributed by atoms with Crippen LogP contribution in [0, 0.1) is 0 Å². The molecule has 3 nitrogen and oxygen atoms in total. The predicted octanol–water partition coefficient (Wildman–Crippen LogP) is -0.500. The van der Waals surface area contributed by atoms with E-state index in [9.17, 15) is 5.11 Å². The maximum Gasteiger partial charge on any atom is 0.110 e. The van der Waals surface area contributed by atoms with Crippen LogP contribution in [-0.4, -0.2) is 36.5 Å². The highest BCUT2D eigenvalue weighted by Gasteiger charge is 2.45. The van der Waals surface area contributed by atoms with Crippen molar-refractivity contribution >= 4 is 0 Å². The molecule has 3 heteroatoms. The summed E-state index contributed by atoms with van der Waals surface area (Å²) in [5.41, 5.74) is -0.495. The van der Waals surface area contributed by atoms with Crippen LogP contribution in [-0.2, 0) is 4.74 Å². The Kier molecular flexibility index (Phi) is 1.44. The molecule has 2 N–H and O–H groups in total. The predicted molar refractivity (Wildman–Crippen MR) is 36.8 cm³/mol. The van der Waals surface area contributed by atoms with Gasteiger partial charge in [0.05, 0.1) is 12.2 Å². The Labute approximate surface area is 60.4 Å². The SMILES string of the molecule is OC1([C@H]2CO2)CCNCC1. The number of ether oxygens (including phenoxy) is 1. The second kappa shape index (κ2) is 2.19. The van der Waals surface area contributed by atoms with Crippen LogP contribution in [0.3, 0.4) is 0 Å². The van der Waals surface area contributed by atoms with Gasteiger partial charge in [0, 0.05) is 0 Å². The number of aliphatic hydroxyl groups is 1. The minimum absolute atomic E-state index is 0.148. The monoisotopic (exact) mass is 143 g/mol. The number of hydrogen-bond donors (Lipinski definition) is 2. The highest BCUT2D eigenvalue weighted by atomic mass is 16.6. The molecule has 58 valence electrons. The Balaban J connectivity index is 1.97. The normalized spacial score (nSPS) is 37.5. The molecule has 0 bridgehead atoms. The average molecular weight is 143 g/mol. The lowest BCUT2D eigenvalue weighted by Crippen LogP contribution is -2.45. The van der Waals surface area contributed by atoms with E-state index in [4.69, 9.17) is 4.74 Å². The molecule has 0 aromatic rings. The number of epoxide rings is 1. The van der Waals surface area contributed by atoms with Crippen LogP contribution in [0.1, 0.15) is 12.8 Å². The number of rotatable bonds is 1. The fraction of sp³-hybridized carbons (Fsp3) is 1.00. The third-order valence-electron chi connectivity index (χ3n) is 2.40. The van der Waals surface area contributed by atoms with Crippen LogP contribution in [0.4, 0.5) is 0 Å². The van der Waals surface area contributed by atoms with Crippen molar-refractivity contribution in [2.75, 3.05) is 19.7 Å². The quantitative estimate of drug-likeness (QED) is 0.486. The van der Waals surface area contributed by atoms with E-state index >= 15 is 0 Å². The molecule has 2 aliphatic heterocycles. The fourth-order valence-electron chi connectivity index (χ4n) is 1.54. The Morgan fingerprint density at radius 3 is 2.50 bits per heavy atom. The minimum atomic E-state index is -0.495. The van der Waals surface area contributed by atoms with Gasteiger partial charge in [-0.05, 0) is 25.9 Å². The van der Waals surface area contributed by atoms with Crippen LogP contribution < -0.4 is 5.32 Å². The van der Waals surface area contributed by atoms with Gasteiger partial charge in [0.25, 0.3) is 0 Å². The van der Waals surface area contributed by atoms with E-state index in [0.29, 0.717) is 0 Å². The van der Waals surface area contributed by atoms with E-state index in [1.54, 1.807) is 0 Å². The maximum absolute atomic E-state index is 9.85. The van der Waals surface area contributed by atoms with Crippen molar-refractivity contribution in [1.82, 2.24) is 5.32 Å². The van der Waals surface area contributed by atoms with Gasteiger partial charge in [-0.25, -0.2) is 0 Å². The Hall–Kier alpha value is -0.120. The summed E-state index contributed by atoms with van der Waals surface area (Å²) in [5, 5.41) is 13.1. The zero-order valence-electron chi connectivity index (χ0n) is 5.97. The van der Waals surface area contributed by atoms with Crippen molar-refractivity contribution in [3.05, 3.63) is 0 Å². The van der Waals surface area contributed by atoms with Gasteiger partial charge in [0.1, 0.15) is 6.10 Å². The van der Waals surface area contributed by atoms with Crippen molar-refractivity contribution in [2.45, 2.75) is 24.5 Å². The Morgan fingerprint density at radius 2 is 2.00 bits per heavy atom. The molecule has 0 amide bonds. The van der Waals surface area contributed by atoms with Crippen LogP contribution >= 0.6 is 0 Å². The third-order valence-corrected chi connectivity index (χ3v) is 2.40. The summed E-state index contributed by atoms with van der Waals surface area (Å²) in [6.07, 6.45) is 1.84. The van der Waals surface area contributed by atoms with Crippen LogP contribution in [0.25, 0.3) is 0 Å². The standard InChI is InChI=1S/C7H13NO2/c9-7(6-5-10-6)1-3-8-4-2-7/h6,8-9H,1-5H2/t6-/m1/s1. The molecule has 2 rings (SSSR count). The summed E-state index contributed by atoms with van der Waals surface area (Å²) in [4.78, 5) is 0. The van der Waals surface area contributed by atoms with Crippen molar-refractivity contribution in [3.8, 4) is 0 Å². The van der Waals surface area contributed by atoms with Crippen molar-refractivity contribution in [1.29, 1.82) is 0 Å². The number of hydrogen-bond acceptors (Lipinski definition) is 3. The number of piperidine rings is 1. The summed E-state index contributed by atoms with van der Waals surface area (Å²) in [7, 11) is 0. The van der Waals surface area contributed by atoms with E-state index in [2.05, 4.69) is 5.32 Å². The lowest BCUT2D eigenvalue weighted by Gasteiger charge is -2.30. The van der Waals surface area contributed by atoms with Gasteiger partial charge in [-0.15, -0.1) is 0 Å². The van der Waals surface area contributed by atoms with E-state index in [-0.39, 0.29) is 6.10 Å². The van der Waals surface area contributed by atoms with Crippen molar-refractivity contribution in [2.24, 2.45) is 0 Å². The summed E-state index contributed by atoms with van der Waals surface area (Å²) < 4.78 is 5.07. The average Bonchev–Trinajstić information content (AvgIpc) is 2.69. The highest BCUT2D eigenvalue weighted by Crippen LogP contribution is 2.31. The van der Waals surface area contributed by atoms with E-state index < -0.39 is 5.60 Å². The Morgan fingerprint density at radius 1 is 1.40 bits per heavy atom. The molecule has 0 radical (unpaired) electrons. The molecule has 0 spiro atoms. The molecule has 1 atom stereocenters. The molecular weight excluding hydrogens is 130 g/mol. The van der Waals surface area contributed by atoms with Crippen molar-refractivity contribution < 1.29 is 9.84 Å². The lowest BCUT2D eigenvalue weighted by atomic mass is 9.89. The van der Waals surface area contributed by atoms with Gasteiger partial charge in [-0.2, -0.15) is 0 Å². The van der Waals surface area contributed by atoms with E-state index in [1.807, 2.05) is 0 Å². The third kappa shape index (κ3) is 1.05. The zero-order chi connectivity index (χ0) is 7.03. The molecule has 2 aliphatic rings. The molecule has 0 aromatic heterocycles. The minimum Gasteiger partial charge on any atom is -0.387 e. The Bertz CT molecular complexity index is 128. The summed E-state index contributed by atoms with van der Waals surface area (Å²) in [6.45, 7) is 2.61. The summed E-state index contributed by atoms with van der Waals surface area (Å²) >= 11 is 0. The molecule has 2 fully saturated rings. The van der Waals surface area contributed by atoms with Gasteiger partial charge in [0.15, 0.2) is 0 Å². The van der Waals surface area contributed by atoms with Crippen LogP contribution in [0.15, 0.2) is 0 Å². The van der Waals surface area contributed by atoms with E-state index in [1.165, 1.54) is 0 Å². The molecular formula is C7H13NO2. The molecule has 0 aliphatic carbocycles. The van der Waals surface area contributed by atoms with E-state index in [0.717, 1.165) is 32.5 Å². The van der Waals surface area contributed by atoms with Gasteiger partial charge >= 0.3 is 0 Å². The van der Waals surface area contributed by atoms with Gasteiger partial charge in [-0.1, -0.05) is 0 Å². The van der Waals surface area contributed by atoms with Crippen LogP contribution in [0.2, 0.25) is 0 Å². The first-order valence-corrected chi connectivity index (χ1v) is 3.86. The largest absolute Gasteiger partial charge is 0.387 e.